The van der Waals surface area contributed by atoms with Crippen molar-refractivity contribution in [3.05, 3.63) is 11.6 Å². The van der Waals surface area contributed by atoms with Crippen molar-refractivity contribution in [2.24, 2.45) is 61.3 Å². The van der Waals surface area contributed by atoms with Crippen molar-refractivity contribution in [3.8, 4) is 0 Å². The monoisotopic (exact) mass is 1620 g/mol. The standard InChI is InChI=1S/C79H134N10O25/c1-39(2)25-24-26-40(3)44-29-30-45-43-28-27-41-35-42(31-33-78(41,22)46(43)32-34-79(44,45)23)104-65(97)80-37-49-53(92)55(94)56(95)61(105-49)108-59-48(82-63(86-68(100)111-74(10,11)12)87-69(101)112-75(13,14)15)36-47(81-62(84-66(98)109-72(4,5)6)85-67(99)110-73(7,8)9)58(57(59)96)107-60-54(93)51(52(91)50(38-90)106-60)83-64(88-70(102)113-76(16,17)18)89-71(103)114-77(19,20)21/h27,39-40,42-61,90-96H,24-26,28-38H2,1-23H3,(H,80,97)(H2,81,84,85,98,99)(H2,82,86,87,100,101)(H2,83,88,89,102,103)/t40-,42+,43+,44-,45+,46+,47-,48+,49-,50-,51+,52-,53-,54-,55+,56-,57-,58+,59+,60+,61+,78+,79-/m1/s1. The van der Waals surface area contributed by atoms with E-state index in [0.717, 1.165) is 19.3 Å². The lowest BCUT2D eigenvalue weighted by molar-refractivity contribution is -0.332. The van der Waals surface area contributed by atoms with Gasteiger partial charge in [-0.1, -0.05) is 65.5 Å². The molecule has 7 aliphatic rings. The molecule has 0 unspecified atom stereocenters. The molecular formula is C79H134N10O25. The molecule has 4 saturated carbocycles. The third-order valence-corrected chi connectivity index (χ3v) is 21.6. The Morgan fingerprint density at radius 1 is 0.500 bits per heavy atom. The largest absolute Gasteiger partial charge is 0.446 e. The molecule has 35 nitrogen and oxygen atoms in total. The molecule has 0 aromatic heterocycles. The lowest BCUT2D eigenvalue weighted by Gasteiger charge is -2.58. The molecule has 0 bridgehead atoms. The van der Waals surface area contributed by atoms with E-state index in [4.69, 9.17) is 52.1 Å². The lowest BCUT2D eigenvalue weighted by atomic mass is 9.47. The number of alkyl carbamates (subject to hydrolysis) is 7. The van der Waals surface area contributed by atoms with Gasteiger partial charge in [-0.05, 0) is 222 Å². The summed E-state index contributed by atoms with van der Waals surface area (Å²) in [5, 5.41) is 100. The van der Waals surface area contributed by atoms with Crippen LogP contribution in [0.1, 0.15) is 236 Å². The van der Waals surface area contributed by atoms with Crippen LogP contribution in [0.15, 0.2) is 26.6 Å². The molecule has 0 aromatic rings. The van der Waals surface area contributed by atoms with Gasteiger partial charge in [0.25, 0.3) is 0 Å². The summed E-state index contributed by atoms with van der Waals surface area (Å²) in [6.45, 7) is 38.1. The number of allylic oxidation sites excluding steroid dienone is 1. The molecular weight excluding hydrogens is 1490 g/mol. The molecule has 7 rings (SSSR count). The van der Waals surface area contributed by atoms with E-state index in [0.29, 0.717) is 53.8 Å². The van der Waals surface area contributed by atoms with E-state index >= 15 is 0 Å². The van der Waals surface area contributed by atoms with Gasteiger partial charge in [-0.15, -0.1) is 0 Å². The Hall–Kier alpha value is -6.80. The zero-order valence-corrected chi connectivity index (χ0v) is 71.0. The van der Waals surface area contributed by atoms with Gasteiger partial charge in [-0.3, -0.25) is 31.9 Å². The first-order valence-electron chi connectivity index (χ1n) is 40.1. The first-order valence-corrected chi connectivity index (χ1v) is 40.1. The molecule has 2 saturated heterocycles. The summed E-state index contributed by atoms with van der Waals surface area (Å²) in [5.74, 6) is 1.51. The van der Waals surface area contributed by atoms with Crippen molar-refractivity contribution in [2.75, 3.05) is 13.2 Å². The minimum absolute atomic E-state index is 0.0667. The Morgan fingerprint density at radius 3 is 1.36 bits per heavy atom. The maximum Gasteiger partial charge on any atom is 0.414 e. The summed E-state index contributed by atoms with van der Waals surface area (Å²) in [5.41, 5.74) is -5.47. The number of amides is 7. The minimum Gasteiger partial charge on any atom is -0.446 e. The summed E-state index contributed by atoms with van der Waals surface area (Å²) in [7, 11) is 0. The Kier molecular flexibility index (Phi) is 31.3. The van der Waals surface area contributed by atoms with Crippen LogP contribution in [0.2, 0.25) is 0 Å². The van der Waals surface area contributed by atoms with Crippen LogP contribution in [0.3, 0.4) is 0 Å². The molecule has 5 aliphatic carbocycles. The van der Waals surface area contributed by atoms with Crippen LogP contribution in [0.5, 0.6) is 0 Å². The minimum atomic E-state index is -2.38. The topological polar surface area (TPSA) is 484 Å². The second-order valence-corrected chi connectivity index (χ2v) is 38.4. The van der Waals surface area contributed by atoms with E-state index in [1.165, 1.54) is 169 Å². The molecule has 14 N–H and O–H groups in total. The number of aliphatic hydroxyl groups is 7. The second-order valence-electron chi connectivity index (χ2n) is 38.4. The van der Waals surface area contributed by atoms with Crippen molar-refractivity contribution < 1.29 is 121 Å². The number of aliphatic imine (C=N–C) groups is 3. The number of aliphatic hydroxyl groups excluding tert-OH is 7. The Balaban J connectivity index is 1.27. The Labute approximate surface area is 670 Å². The Morgan fingerprint density at radius 2 is 0.930 bits per heavy atom. The van der Waals surface area contributed by atoms with Gasteiger partial charge in [0.05, 0.1) is 18.7 Å². The molecule has 650 valence electrons. The van der Waals surface area contributed by atoms with Gasteiger partial charge in [0.2, 0.25) is 17.9 Å². The lowest BCUT2D eigenvalue weighted by Crippen LogP contribution is -2.66. The number of nitrogens with zero attached hydrogens (tertiary/aromatic N) is 3. The second kappa shape index (κ2) is 37.9. The SMILES string of the molecule is CC(C)CCC[C@@H](C)[C@H]1CC[C@H]2[C@@H]3CC=C4C[C@@H](OC(=O)NC[C@H]5O[C@@H](O[C@@H]6[C@H](O)[C@@H](O[C@@H]7O[C@H](CO)[C@@H](O)[C@H](N=C(NC(=O)OC(C)(C)C)NC(=O)OC(C)(C)C)[C@H]7O)[C@H](N=C(NC(=O)OC(C)(C)C)NC(=O)OC(C)(C)C)C[C@@H]6N=C(NC(=O)OC(C)(C)C)NC(=O)OC(C)(C)C)[C@H](O)[C@@H](O)[C@@H]5O)CC[C@]4(C)[C@H]3CC[C@]12C. The van der Waals surface area contributed by atoms with Gasteiger partial charge in [0.1, 0.15) is 107 Å². The van der Waals surface area contributed by atoms with E-state index in [2.05, 4.69) is 92.9 Å². The molecule has 0 radical (unpaired) electrons. The fourth-order valence-corrected chi connectivity index (χ4v) is 16.9. The van der Waals surface area contributed by atoms with Gasteiger partial charge in [0.15, 0.2) is 12.6 Å². The first kappa shape index (κ1) is 94.4. The van der Waals surface area contributed by atoms with Crippen LogP contribution in [0, 0.1) is 46.3 Å². The third kappa shape index (κ3) is 26.9. The summed E-state index contributed by atoms with van der Waals surface area (Å²) >= 11 is 0. The molecule has 0 spiro atoms. The van der Waals surface area contributed by atoms with E-state index in [-0.39, 0.29) is 5.41 Å². The van der Waals surface area contributed by atoms with Crippen molar-refractivity contribution in [3.63, 3.8) is 0 Å². The van der Waals surface area contributed by atoms with Gasteiger partial charge in [-0.2, -0.15) is 0 Å². The average Bonchev–Trinajstić information content (AvgIpc) is 1.39. The van der Waals surface area contributed by atoms with E-state index in [1.807, 2.05) is 0 Å². The molecule has 6 fully saturated rings. The number of carbonyl (C=O) groups is 7. The molecule has 2 aliphatic heterocycles. The van der Waals surface area contributed by atoms with Crippen LogP contribution < -0.4 is 37.2 Å². The summed E-state index contributed by atoms with van der Waals surface area (Å²) in [6, 6.07) is -5.62. The predicted molar refractivity (Wildman–Crippen MR) is 416 cm³/mol. The highest BCUT2D eigenvalue weighted by Gasteiger charge is 2.60. The number of hydrogen-bond donors (Lipinski definition) is 14. The number of fused-ring (bicyclic) bond motifs is 5. The molecule has 2 heterocycles. The smallest absolute Gasteiger partial charge is 0.414 e. The van der Waals surface area contributed by atoms with E-state index in [1.54, 1.807) is 0 Å². The van der Waals surface area contributed by atoms with Crippen molar-refractivity contribution >= 4 is 60.5 Å². The summed E-state index contributed by atoms with van der Waals surface area (Å²) < 4.78 is 64.5. The Bertz CT molecular complexity index is 3350. The number of carbonyl (C=O) groups excluding carboxylic acids is 7. The van der Waals surface area contributed by atoms with Gasteiger partial charge in [0, 0.05) is 13.0 Å². The number of nitrogens with one attached hydrogen (secondary N) is 7. The highest BCUT2D eigenvalue weighted by atomic mass is 16.7. The van der Waals surface area contributed by atoms with Crippen molar-refractivity contribution in [1.29, 1.82) is 0 Å². The third-order valence-electron chi connectivity index (χ3n) is 21.6. The normalized spacial score (nSPS) is 32.7. The summed E-state index contributed by atoms with van der Waals surface area (Å²) in [6.07, 6.45) is -20.4. The number of guanidine groups is 3. The van der Waals surface area contributed by atoms with Gasteiger partial charge in [-0.25, -0.2) is 48.5 Å². The molecule has 0 aromatic carbocycles. The predicted octanol–water partition coefficient (Wildman–Crippen LogP) is 8.23. The van der Waals surface area contributed by atoms with Crippen molar-refractivity contribution in [2.45, 2.75) is 368 Å². The zero-order chi connectivity index (χ0) is 85.5. The van der Waals surface area contributed by atoms with Gasteiger partial charge >= 0.3 is 42.7 Å². The zero-order valence-electron chi connectivity index (χ0n) is 71.0. The number of rotatable bonds is 16. The molecule has 35 heteroatoms. The summed E-state index contributed by atoms with van der Waals surface area (Å²) in [4.78, 5) is 110. The molecule has 23 atom stereocenters. The number of ether oxygens (including phenoxy) is 11. The maximum atomic E-state index is 14.0. The highest BCUT2D eigenvalue weighted by molar-refractivity contribution is 6.03. The molecule has 114 heavy (non-hydrogen) atoms. The van der Waals surface area contributed by atoms with E-state index in [9.17, 15) is 69.3 Å². The number of hydrogen-bond acceptors (Lipinski definition) is 28. The van der Waals surface area contributed by atoms with Crippen LogP contribution in [0.25, 0.3) is 0 Å². The van der Waals surface area contributed by atoms with Crippen LogP contribution in [-0.4, -0.2) is 241 Å². The van der Waals surface area contributed by atoms with Crippen LogP contribution in [-0.2, 0) is 52.1 Å². The van der Waals surface area contributed by atoms with Crippen molar-refractivity contribution in [1.82, 2.24) is 37.2 Å². The average molecular weight is 1620 g/mol. The van der Waals surface area contributed by atoms with Crippen LogP contribution in [0.4, 0.5) is 33.6 Å². The molecule has 7 amide bonds. The van der Waals surface area contributed by atoms with Crippen LogP contribution >= 0.6 is 0 Å². The fourth-order valence-electron chi connectivity index (χ4n) is 16.9. The van der Waals surface area contributed by atoms with Gasteiger partial charge < -0.3 is 93.2 Å². The highest BCUT2D eigenvalue weighted by Crippen LogP contribution is 2.67. The fraction of sp³-hybridized carbons (Fsp3) is 0.848. The first-order chi connectivity index (χ1) is 52.4. The quantitative estimate of drug-likeness (QED) is 0.0299. The van der Waals surface area contributed by atoms with E-state index < -0.39 is 212 Å². The maximum absolute atomic E-state index is 14.0.